The number of pyridine rings is 1. The summed E-state index contributed by atoms with van der Waals surface area (Å²) in [7, 11) is -0.780. The maximum atomic E-state index is 14.2. The van der Waals surface area contributed by atoms with Crippen molar-refractivity contribution in [3.63, 3.8) is 0 Å². The number of sulfonamides is 1. The summed E-state index contributed by atoms with van der Waals surface area (Å²) in [6.45, 7) is 5.08. The van der Waals surface area contributed by atoms with Gasteiger partial charge in [0.15, 0.2) is 0 Å². The summed E-state index contributed by atoms with van der Waals surface area (Å²) < 4.78 is 73.7. The minimum atomic E-state index is -4.71. The van der Waals surface area contributed by atoms with Crippen LogP contribution in [0.5, 0.6) is 5.75 Å². The van der Waals surface area contributed by atoms with E-state index in [0.717, 1.165) is 48.1 Å². The number of amides is 1. The summed E-state index contributed by atoms with van der Waals surface area (Å²) in [6, 6.07) is 11.6. The van der Waals surface area contributed by atoms with Crippen LogP contribution in [0.3, 0.4) is 0 Å². The van der Waals surface area contributed by atoms with Gasteiger partial charge in [0, 0.05) is 37.8 Å². The molecule has 48 heavy (non-hydrogen) atoms. The number of carbonyl (C=O) groups excluding carboxylic acids is 1. The average molecular weight is 689 g/mol. The van der Waals surface area contributed by atoms with Crippen molar-refractivity contribution in [1.82, 2.24) is 15.2 Å². The van der Waals surface area contributed by atoms with Crippen molar-refractivity contribution in [3.8, 4) is 5.75 Å². The number of anilines is 4. The molecule has 2 heterocycles. The summed E-state index contributed by atoms with van der Waals surface area (Å²) in [5.74, 6) is -0.169. The number of alkyl halides is 3. The number of methoxy groups -OCH3 is 1. The monoisotopic (exact) mass is 688 g/mol. The number of aromatic nitrogens is 1. The van der Waals surface area contributed by atoms with Crippen LogP contribution >= 0.6 is 0 Å². The lowest BCUT2D eigenvalue weighted by atomic mass is 9.89. The molecule has 1 unspecified atom stereocenters. The second kappa shape index (κ2) is 14.2. The fraction of sp³-hybridized carbons (Fsp3) is 0.471. The molecular formula is C34H43F3N6O4S. The number of nitrogens with zero attached hydrogens (tertiary/aromatic N) is 3. The molecule has 1 saturated heterocycles. The quantitative estimate of drug-likeness (QED) is 0.218. The fourth-order valence-corrected chi connectivity index (χ4v) is 6.63. The van der Waals surface area contributed by atoms with E-state index in [2.05, 4.69) is 25.8 Å². The van der Waals surface area contributed by atoms with Crippen LogP contribution in [-0.2, 0) is 22.7 Å². The molecule has 2 fully saturated rings. The molecule has 1 aliphatic heterocycles. The van der Waals surface area contributed by atoms with Gasteiger partial charge in [0.25, 0.3) is 5.91 Å². The Kier molecular flexibility index (Phi) is 10.4. The van der Waals surface area contributed by atoms with Crippen molar-refractivity contribution in [2.24, 2.45) is 0 Å². The van der Waals surface area contributed by atoms with Crippen LogP contribution in [-0.4, -0.2) is 69.8 Å². The summed E-state index contributed by atoms with van der Waals surface area (Å²) in [4.78, 5) is 20.0. The van der Waals surface area contributed by atoms with Crippen LogP contribution in [0.15, 0.2) is 42.5 Å². The van der Waals surface area contributed by atoms with Crippen LogP contribution < -0.4 is 25.0 Å². The molecule has 1 aliphatic carbocycles. The van der Waals surface area contributed by atoms with Crippen molar-refractivity contribution < 1.29 is 31.1 Å². The van der Waals surface area contributed by atoms with E-state index < -0.39 is 27.6 Å². The zero-order valence-corrected chi connectivity index (χ0v) is 28.7. The molecule has 260 valence electrons. The van der Waals surface area contributed by atoms with Crippen molar-refractivity contribution >= 4 is 38.9 Å². The van der Waals surface area contributed by atoms with Gasteiger partial charge in [0.1, 0.15) is 17.4 Å². The van der Waals surface area contributed by atoms with Crippen LogP contribution in [0.1, 0.15) is 64.7 Å². The van der Waals surface area contributed by atoms with Gasteiger partial charge in [-0.05, 0) is 93.1 Å². The fourth-order valence-electron chi connectivity index (χ4n) is 6.10. The van der Waals surface area contributed by atoms with E-state index in [4.69, 9.17) is 4.74 Å². The van der Waals surface area contributed by atoms with Crippen molar-refractivity contribution in [3.05, 3.63) is 70.3 Å². The van der Waals surface area contributed by atoms with E-state index in [9.17, 15) is 26.4 Å². The predicted molar refractivity (Wildman–Crippen MR) is 182 cm³/mol. The Bertz CT molecular complexity index is 1760. The van der Waals surface area contributed by atoms with Gasteiger partial charge >= 0.3 is 6.18 Å². The number of nitrogens with one attached hydrogen (secondary N) is 3. The maximum Gasteiger partial charge on any atom is 0.419 e. The van der Waals surface area contributed by atoms with Gasteiger partial charge in [-0.3, -0.25) is 14.0 Å². The lowest BCUT2D eigenvalue weighted by Crippen LogP contribution is -2.52. The Morgan fingerprint density at radius 3 is 2.46 bits per heavy atom. The van der Waals surface area contributed by atoms with E-state index in [1.807, 2.05) is 0 Å². The number of carbonyl (C=O) groups is 1. The third-order valence-electron chi connectivity index (χ3n) is 9.14. The smallest absolute Gasteiger partial charge is 0.419 e. The first-order valence-corrected chi connectivity index (χ1v) is 17.8. The second-order valence-corrected chi connectivity index (χ2v) is 14.7. The van der Waals surface area contributed by atoms with E-state index in [0.29, 0.717) is 34.3 Å². The lowest BCUT2D eigenvalue weighted by Gasteiger charge is -2.42. The molecule has 1 aromatic heterocycles. The molecule has 14 heteroatoms. The minimum absolute atomic E-state index is 0.0586. The van der Waals surface area contributed by atoms with Crippen LogP contribution in [0.4, 0.5) is 36.2 Å². The third kappa shape index (κ3) is 8.15. The van der Waals surface area contributed by atoms with Gasteiger partial charge in [0.05, 0.1) is 30.3 Å². The average Bonchev–Trinajstić information content (AvgIpc) is 2.99. The molecule has 1 amide bonds. The van der Waals surface area contributed by atoms with Gasteiger partial charge in [-0.1, -0.05) is 18.6 Å². The highest BCUT2D eigenvalue weighted by molar-refractivity contribution is 7.92. The SMILES string of the molecule is COc1cc(C(=O)NC2CCCN(C3CCC3)C2)ccc1Nc1nc(NCc2ccc(C)cc2N(C)S(C)(=O)=O)c(C(F)(F)F)cc1C. The Balaban J connectivity index is 1.36. The van der Waals surface area contributed by atoms with Gasteiger partial charge < -0.3 is 20.7 Å². The summed E-state index contributed by atoms with van der Waals surface area (Å²) in [5.41, 5.74) is 1.70. The molecule has 2 aromatic carbocycles. The Labute approximate surface area is 280 Å². The summed E-state index contributed by atoms with van der Waals surface area (Å²) in [5, 5.41) is 9.01. The predicted octanol–water partition coefficient (Wildman–Crippen LogP) is 6.22. The highest BCUT2D eigenvalue weighted by Gasteiger charge is 2.35. The molecule has 0 spiro atoms. The second-order valence-electron chi connectivity index (χ2n) is 12.7. The first-order chi connectivity index (χ1) is 22.6. The number of hydrogen-bond donors (Lipinski definition) is 3. The highest BCUT2D eigenvalue weighted by Crippen LogP contribution is 2.38. The Hall–Kier alpha value is -4.04. The van der Waals surface area contributed by atoms with E-state index in [1.165, 1.54) is 40.3 Å². The number of piperidine rings is 1. The normalized spacial score (nSPS) is 17.4. The summed E-state index contributed by atoms with van der Waals surface area (Å²) in [6.07, 6.45) is 1.99. The van der Waals surface area contributed by atoms with Crippen molar-refractivity contribution in [2.45, 2.75) is 70.8 Å². The van der Waals surface area contributed by atoms with Crippen LogP contribution in [0.2, 0.25) is 0 Å². The Morgan fingerprint density at radius 1 is 1.06 bits per heavy atom. The molecule has 10 nitrogen and oxygen atoms in total. The molecular weight excluding hydrogens is 645 g/mol. The van der Waals surface area contributed by atoms with Gasteiger partial charge in [0.2, 0.25) is 10.0 Å². The Morgan fingerprint density at radius 2 is 1.81 bits per heavy atom. The van der Waals surface area contributed by atoms with Crippen molar-refractivity contribution in [1.29, 1.82) is 0 Å². The standard InChI is InChI=1S/C34H43F3N6O4S/c1-21-11-12-24(29(16-21)42(3)48(5,45)46)19-38-32-27(34(35,36)37)17-22(2)31(41-32)40-28-14-13-23(18-30(28)47-4)33(44)39-25-8-7-15-43(20-25)26-9-6-10-26/h11-14,16-18,25-26H,6-10,15,19-20H2,1-5H3,(H,39,44)(H2,38,40,41). The number of benzene rings is 2. The van der Waals surface area contributed by atoms with Gasteiger partial charge in [-0.15, -0.1) is 0 Å². The number of aryl methyl sites for hydroxylation is 2. The van der Waals surface area contributed by atoms with Crippen LogP contribution in [0.25, 0.3) is 0 Å². The minimum Gasteiger partial charge on any atom is -0.495 e. The molecule has 5 rings (SSSR count). The van der Waals surface area contributed by atoms with E-state index >= 15 is 0 Å². The molecule has 0 radical (unpaired) electrons. The van der Waals surface area contributed by atoms with Gasteiger partial charge in [-0.2, -0.15) is 13.2 Å². The van der Waals surface area contributed by atoms with E-state index in [-0.39, 0.29) is 29.9 Å². The lowest BCUT2D eigenvalue weighted by molar-refractivity contribution is -0.137. The molecule has 3 N–H and O–H groups in total. The number of hydrogen-bond acceptors (Lipinski definition) is 8. The first kappa shape index (κ1) is 35.3. The van der Waals surface area contributed by atoms with E-state index in [1.54, 1.807) is 43.3 Å². The highest BCUT2D eigenvalue weighted by atomic mass is 32.2. The third-order valence-corrected chi connectivity index (χ3v) is 10.3. The van der Waals surface area contributed by atoms with Gasteiger partial charge in [-0.25, -0.2) is 13.4 Å². The molecule has 3 aromatic rings. The topological polar surface area (TPSA) is 116 Å². The van der Waals surface area contributed by atoms with Crippen molar-refractivity contribution in [2.75, 3.05) is 48.4 Å². The number of likely N-dealkylation sites (tertiary alicyclic amines) is 1. The number of rotatable bonds is 11. The maximum absolute atomic E-state index is 14.2. The molecule has 1 atom stereocenters. The molecule has 1 saturated carbocycles. The van der Waals surface area contributed by atoms with Crippen LogP contribution in [0, 0.1) is 13.8 Å². The number of halogens is 3. The molecule has 2 aliphatic rings. The molecule has 0 bridgehead atoms. The zero-order valence-electron chi connectivity index (χ0n) is 27.9. The number of ether oxygens (including phenoxy) is 1. The summed E-state index contributed by atoms with van der Waals surface area (Å²) >= 11 is 0. The zero-order chi connectivity index (χ0) is 34.8. The first-order valence-electron chi connectivity index (χ1n) is 16.0. The largest absolute Gasteiger partial charge is 0.495 e.